The number of imidazole rings is 1. The van der Waals surface area contributed by atoms with Crippen molar-refractivity contribution in [2.24, 2.45) is 0 Å². The molecule has 2 N–H and O–H groups in total. The van der Waals surface area contributed by atoms with Gasteiger partial charge in [0.15, 0.2) is 0 Å². The number of rotatable bonds is 7. The first-order valence-electron chi connectivity index (χ1n) is 10.1. The Balaban J connectivity index is 1.10. The monoisotopic (exact) mass is 420 g/mol. The van der Waals surface area contributed by atoms with Gasteiger partial charge in [-0.2, -0.15) is 0 Å². The summed E-state index contributed by atoms with van der Waals surface area (Å²) in [5.41, 5.74) is 2.21. The Morgan fingerprint density at radius 3 is 2.94 bits per heavy atom. The van der Waals surface area contributed by atoms with Gasteiger partial charge in [-0.15, -0.1) is 0 Å². The van der Waals surface area contributed by atoms with E-state index in [-0.39, 0.29) is 23.9 Å². The van der Waals surface area contributed by atoms with Gasteiger partial charge in [0.05, 0.1) is 35.4 Å². The molecule has 0 saturated carbocycles. The van der Waals surface area contributed by atoms with Crippen LogP contribution in [0.15, 0.2) is 53.2 Å². The highest BCUT2D eigenvalue weighted by molar-refractivity contribution is 5.91. The number of amides is 1. The number of likely N-dealkylation sites (tertiary alicyclic amines) is 1. The molecular formula is C22H21FN6O2. The van der Waals surface area contributed by atoms with Crippen molar-refractivity contribution in [3.8, 4) is 0 Å². The van der Waals surface area contributed by atoms with E-state index in [1.807, 2.05) is 24.3 Å². The van der Waals surface area contributed by atoms with Gasteiger partial charge in [-0.3, -0.25) is 9.78 Å². The molecule has 0 unspecified atom stereocenters. The number of aromatic nitrogens is 4. The molecular weight excluding hydrogens is 399 g/mol. The summed E-state index contributed by atoms with van der Waals surface area (Å²) in [7, 11) is 0. The molecule has 4 heterocycles. The number of pyridine rings is 1. The summed E-state index contributed by atoms with van der Waals surface area (Å²) in [4.78, 5) is 30.7. The van der Waals surface area contributed by atoms with Gasteiger partial charge in [0, 0.05) is 32.3 Å². The summed E-state index contributed by atoms with van der Waals surface area (Å²) in [6, 6.07) is 10.8. The number of carbonyl (C=O) groups excluding carboxylic acids is 1. The lowest BCUT2D eigenvalue weighted by atomic mass is 10.00. The summed E-state index contributed by atoms with van der Waals surface area (Å²) in [6.07, 6.45) is 3.73. The Morgan fingerprint density at radius 1 is 1.23 bits per heavy atom. The molecule has 31 heavy (non-hydrogen) atoms. The molecule has 9 heteroatoms. The fourth-order valence-corrected chi connectivity index (χ4v) is 3.68. The molecule has 1 amide bonds. The van der Waals surface area contributed by atoms with E-state index in [9.17, 15) is 9.18 Å². The molecule has 5 rings (SSSR count). The summed E-state index contributed by atoms with van der Waals surface area (Å²) in [5.74, 6) is 0.902. The van der Waals surface area contributed by atoms with Crippen LogP contribution in [0.5, 0.6) is 0 Å². The molecule has 8 nitrogen and oxygen atoms in total. The number of para-hydroxylation sites is 2. The van der Waals surface area contributed by atoms with Gasteiger partial charge in [-0.05, 0) is 24.3 Å². The highest BCUT2D eigenvalue weighted by Crippen LogP contribution is 2.26. The quantitative estimate of drug-likeness (QED) is 0.477. The molecule has 0 spiro atoms. The van der Waals surface area contributed by atoms with Crippen LogP contribution < -0.4 is 5.32 Å². The first-order valence-corrected chi connectivity index (χ1v) is 10.1. The van der Waals surface area contributed by atoms with Crippen LogP contribution >= 0.6 is 0 Å². The van der Waals surface area contributed by atoms with Gasteiger partial charge >= 0.3 is 0 Å². The highest BCUT2D eigenvalue weighted by Gasteiger charge is 2.32. The third kappa shape index (κ3) is 4.17. The van der Waals surface area contributed by atoms with E-state index in [1.165, 1.54) is 24.5 Å². The topological polar surface area (TPSA) is 99.9 Å². The van der Waals surface area contributed by atoms with Gasteiger partial charge in [-0.1, -0.05) is 12.1 Å². The van der Waals surface area contributed by atoms with E-state index >= 15 is 0 Å². The van der Waals surface area contributed by atoms with Crippen LogP contribution in [0.25, 0.3) is 11.0 Å². The SMILES string of the molecule is O=C(NCc1ncccc1F)c1cnc(C2CN(CCc3nc4ccccc4[nH]3)C2)o1. The lowest BCUT2D eigenvalue weighted by Gasteiger charge is -2.37. The van der Waals surface area contributed by atoms with Crippen molar-refractivity contribution in [2.75, 3.05) is 19.6 Å². The van der Waals surface area contributed by atoms with Gasteiger partial charge < -0.3 is 19.6 Å². The Bertz CT molecular complexity index is 1180. The van der Waals surface area contributed by atoms with Gasteiger partial charge in [0.2, 0.25) is 11.7 Å². The first-order chi connectivity index (χ1) is 15.2. The number of halogens is 1. The van der Waals surface area contributed by atoms with Crippen molar-refractivity contribution >= 4 is 16.9 Å². The molecule has 1 aromatic carbocycles. The zero-order valence-corrected chi connectivity index (χ0v) is 16.7. The Hall–Kier alpha value is -3.59. The van der Waals surface area contributed by atoms with E-state index in [4.69, 9.17) is 4.42 Å². The average Bonchev–Trinajstić information content (AvgIpc) is 3.39. The van der Waals surface area contributed by atoms with Crippen molar-refractivity contribution in [2.45, 2.75) is 18.9 Å². The lowest BCUT2D eigenvalue weighted by molar-refractivity contribution is 0.0909. The molecule has 4 aromatic rings. The second-order valence-corrected chi connectivity index (χ2v) is 7.58. The number of oxazole rings is 1. The highest BCUT2D eigenvalue weighted by atomic mass is 19.1. The van der Waals surface area contributed by atoms with Crippen LogP contribution in [0.2, 0.25) is 0 Å². The second kappa shape index (κ2) is 8.27. The maximum atomic E-state index is 13.6. The Kier molecular flexibility index (Phi) is 5.17. The number of aromatic amines is 1. The van der Waals surface area contributed by atoms with Crippen LogP contribution in [-0.2, 0) is 13.0 Å². The van der Waals surface area contributed by atoms with Crippen molar-refractivity contribution in [3.05, 3.63) is 77.8 Å². The largest absolute Gasteiger partial charge is 0.435 e. The summed E-state index contributed by atoms with van der Waals surface area (Å²) in [6.45, 7) is 2.52. The van der Waals surface area contributed by atoms with Crippen LogP contribution in [0, 0.1) is 5.82 Å². The average molecular weight is 420 g/mol. The smallest absolute Gasteiger partial charge is 0.289 e. The molecule has 1 aliphatic heterocycles. The number of hydrogen-bond donors (Lipinski definition) is 2. The molecule has 3 aromatic heterocycles. The number of fused-ring (bicyclic) bond motifs is 1. The number of carbonyl (C=O) groups is 1. The van der Waals surface area contributed by atoms with Crippen LogP contribution in [0.1, 0.15) is 33.9 Å². The van der Waals surface area contributed by atoms with Gasteiger partial charge in [0.1, 0.15) is 11.6 Å². The minimum Gasteiger partial charge on any atom is -0.435 e. The summed E-state index contributed by atoms with van der Waals surface area (Å²) >= 11 is 0. The van der Waals surface area contributed by atoms with Crippen molar-refractivity contribution < 1.29 is 13.6 Å². The van der Waals surface area contributed by atoms with Crippen LogP contribution in [0.4, 0.5) is 4.39 Å². The normalized spacial score (nSPS) is 14.6. The fourth-order valence-electron chi connectivity index (χ4n) is 3.68. The molecule has 158 valence electrons. The van der Waals surface area contributed by atoms with E-state index in [0.717, 1.165) is 42.9 Å². The Morgan fingerprint density at radius 2 is 2.10 bits per heavy atom. The van der Waals surface area contributed by atoms with E-state index in [2.05, 4.69) is 30.2 Å². The summed E-state index contributed by atoms with van der Waals surface area (Å²) < 4.78 is 19.2. The lowest BCUT2D eigenvalue weighted by Crippen LogP contribution is -2.45. The fraction of sp³-hybridized carbons (Fsp3) is 0.273. The third-order valence-electron chi connectivity index (χ3n) is 5.41. The molecule has 0 atom stereocenters. The molecule has 1 aliphatic rings. The molecule has 0 bridgehead atoms. The molecule has 0 radical (unpaired) electrons. The maximum Gasteiger partial charge on any atom is 0.289 e. The van der Waals surface area contributed by atoms with E-state index in [1.54, 1.807) is 0 Å². The first kappa shape index (κ1) is 19.4. The van der Waals surface area contributed by atoms with E-state index in [0.29, 0.717) is 5.89 Å². The van der Waals surface area contributed by atoms with Crippen LogP contribution in [0.3, 0.4) is 0 Å². The summed E-state index contributed by atoms with van der Waals surface area (Å²) in [5, 5.41) is 2.61. The molecule has 0 aliphatic carbocycles. The molecule has 1 saturated heterocycles. The van der Waals surface area contributed by atoms with E-state index < -0.39 is 11.7 Å². The minimum absolute atomic E-state index is 0.0134. The van der Waals surface area contributed by atoms with Crippen molar-refractivity contribution in [3.63, 3.8) is 0 Å². The standard InChI is InChI=1S/C22H21FN6O2/c23-15-4-3-8-24-18(15)10-25-21(30)19-11-26-22(31-19)14-12-29(13-14)9-7-20-27-16-5-1-2-6-17(16)28-20/h1-6,8,11,14H,7,9-10,12-13H2,(H,25,30)(H,27,28). The third-order valence-corrected chi connectivity index (χ3v) is 5.41. The van der Waals surface area contributed by atoms with Crippen molar-refractivity contribution in [1.29, 1.82) is 0 Å². The predicted molar refractivity (Wildman–Crippen MR) is 111 cm³/mol. The van der Waals surface area contributed by atoms with Crippen molar-refractivity contribution in [1.82, 2.24) is 30.2 Å². The minimum atomic E-state index is -0.460. The number of nitrogens with one attached hydrogen (secondary N) is 2. The zero-order chi connectivity index (χ0) is 21.2. The van der Waals surface area contributed by atoms with Crippen LogP contribution in [-0.4, -0.2) is 50.4 Å². The van der Waals surface area contributed by atoms with Gasteiger partial charge in [0.25, 0.3) is 5.91 Å². The zero-order valence-electron chi connectivity index (χ0n) is 16.7. The predicted octanol–water partition coefficient (Wildman–Crippen LogP) is 2.66. The van der Waals surface area contributed by atoms with Gasteiger partial charge in [-0.25, -0.2) is 14.4 Å². The molecule has 1 fully saturated rings. The number of hydrogen-bond acceptors (Lipinski definition) is 6. The number of nitrogens with zero attached hydrogens (tertiary/aromatic N) is 4. The maximum absolute atomic E-state index is 13.6. The Labute approximate surface area is 177 Å². The number of benzene rings is 1. The second-order valence-electron chi connectivity index (χ2n) is 7.58. The number of H-pyrrole nitrogens is 1.